The fraction of sp³-hybridized carbons (Fsp3) is 0.600. The number of hydrogen-bond donors (Lipinski definition) is 2. The molecule has 0 saturated heterocycles. The molecule has 4 nitrogen and oxygen atoms in total. The van der Waals surface area contributed by atoms with Crippen LogP contribution in [0.25, 0.3) is 0 Å². The molecule has 0 heterocycles. The van der Waals surface area contributed by atoms with Gasteiger partial charge >= 0.3 is 0 Å². The number of aliphatic hydroxyl groups excluding tert-OH is 1. The Morgan fingerprint density at radius 1 is 1.33 bits per heavy atom. The standard InChI is InChI=1S/C15H22ClNO3S/c1-10-3-6-14(11(2)7-10)17-21(19,20)15-8-12(9-18)4-5-13(15)16/h4-5,8,10-11,14,17-18H,3,6-7,9H2,1-2H3. The molecule has 0 spiro atoms. The molecule has 1 aromatic carbocycles. The van der Waals surface area contributed by atoms with Crippen molar-refractivity contribution >= 4 is 21.6 Å². The zero-order valence-electron chi connectivity index (χ0n) is 12.3. The minimum atomic E-state index is -3.67. The summed E-state index contributed by atoms with van der Waals surface area (Å²) in [6.45, 7) is 4.06. The van der Waals surface area contributed by atoms with E-state index in [-0.39, 0.29) is 22.6 Å². The molecule has 3 atom stereocenters. The van der Waals surface area contributed by atoms with E-state index in [4.69, 9.17) is 16.7 Å². The van der Waals surface area contributed by atoms with Gasteiger partial charge in [0.2, 0.25) is 10.0 Å². The molecule has 21 heavy (non-hydrogen) atoms. The van der Waals surface area contributed by atoms with Crippen molar-refractivity contribution < 1.29 is 13.5 Å². The van der Waals surface area contributed by atoms with E-state index in [2.05, 4.69) is 18.6 Å². The molecule has 0 amide bonds. The molecule has 1 aliphatic rings. The van der Waals surface area contributed by atoms with Gasteiger partial charge in [0.1, 0.15) is 4.90 Å². The van der Waals surface area contributed by atoms with Crippen LogP contribution < -0.4 is 4.72 Å². The first-order chi connectivity index (χ1) is 9.83. The van der Waals surface area contributed by atoms with E-state index in [1.165, 1.54) is 12.1 Å². The lowest BCUT2D eigenvalue weighted by Crippen LogP contribution is -2.42. The van der Waals surface area contributed by atoms with Gasteiger partial charge in [-0.3, -0.25) is 0 Å². The van der Waals surface area contributed by atoms with E-state index in [1.54, 1.807) is 6.07 Å². The second kappa shape index (κ2) is 6.65. The van der Waals surface area contributed by atoms with Crippen molar-refractivity contribution in [3.8, 4) is 0 Å². The first-order valence-corrected chi connectivity index (χ1v) is 9.11. The number of aliphatic hydroxyl groups is 1. The number of hydrogen-bond acceptors (Lipinski definition) is 3. The molecule has 3 unspecified atom stereocenters. The smallest absolute Gasteiger partial charge is 0.242 e. The zero-order valence-corrected chi connectivity index (χ0v) is 13.9. The van der Waals surface area contributed by atoms with Crippen molar-refractivity contribution in [1.82, 2.24) is 4.72 Å². The van der Waals surface area contributed by atoms with Gasteiger partial charge in [-0.15, -0.1) is 0 Å². The van der Waals surface area contributed by atoms with Gasteiger partial charge < -0.3 is 5.11 Å². The summed E-state index contributed by atoms with van der Waals surface area (Å²) in [4.78, 5) is 0.0431. The predicted octanol–water partition coefficient (Wildman–Crippen LogP) is 2.94. The maximum atomic E-state index is 12.5. The highest BCUT2D eigenvalue weighted by atomic mass is 35.5. The third-order valence-corrected chi connectivity index (χ3v) is 6.18. The average Bonchev–Trinajstić information content (AvgIpc) is 2.42. The van der Waals surface area contributed by atoms with E-state index in [1.807, 2.05) is 0 Å². The lowest BCUT2D eigenvalue weighted by atomic mass is 9.80. The Balaban J connectivity index is 2.22. The zero-order chi connectivity index (χ0) is 15.6. The average molecular weight is 332 g/mol. The second-order valence-corrected chi connectivity index (χ2v) is 8.14. The van der Waals surface area contributed by atoms with E-state index in [9.17, 15) is 8.42 Å². The largest absolute Gasteiger partial charge is 0.392 e. The summed E-state index contributed by atoms with van der Waals surface area (Å²) in [5.74, 6) is 0.949. The van der Waals surface area contributed by atoms with Gasteiger partial charge in [0, 0.05) is 6.04 Å². The van der Waals surface area contributed by atoms with Gasteiger partial charge in [-0.1, -0.05) is 31.5 Å². The quantitative estimate of drug-likeness (QED) is 0.891. The Morgan fingerprint density at radius 3 is 2.67 bits per heavy atom. The Hall–Kier alpha value is -0.620. The fourth-order valence-electron chi connectivity index (χ4n) is 2.96. The normalized spacial score (nSPS) is 26.8. The van der Waals surface area contributed by atoms with E-state index >= 15 is 0 Å². The van der Waals surface area contributed by atoms with Gasteiger partial charge in [-0.2, -0.15) is 0 Å². The number of benzene rings is 1. The maximum Gasteiger partial charge on any atom is 0.242 e. The Morgan fingerprint density at radius 2 is 2.05 bits per heavy atom. The lowest BCUT2D eigenvalue weighted by molar-refractivity contribution is 0.249. The van der Waals surface area contributed by atoms with Gasteiger partial charge in [0.25, 0.3) is 0 Å². The van der Waals surface area contributed by atoms with Crippen molar-refractivity contribution in [3.05, 3.63) is 28.8 Å². The maximum absolute atomic E-state index is 12.5. The summed E-state index contributed by atoms with van der Waals surface area (Å²) in [6.07, 6.45) is 2.90. The minimum Gasteiger partial charge on any atom is -0.392 e. The monoisotopic (exact) mass is 331 g/mol. The van der Waals surface area contributed by atoms with Gasteiger partial charge in [0.15, 0.2) is 0 Å². The molecule has 0 radical (unpaired) electrons. The van der Waals surface area contributed by atoms with Crippen LogP contribution in [0, 0.1) is 11.8 Å². The van der Waals surface area contributed by atoms with Crippen LogP contribution in [0.4, 0.5) is 0 Å². The summed E-state index contributed by atoms with van der Waals surface area (Å²) in [5.41, 5.74) is 0.532. The summed E-state index contributed by atoms with van der Waals surface area (Å²) < 4.78 is 27.9. The van der Waals surface area contributed by atoms with E-state index in [0.29, 0.717) is 17.4 Å². The first-order valence-electron chi connectivity index (χ1n) is 7.25. The van der Waals surface area contributed by atoms with Crippen LogP contribution in [-0.4, -0.2) is 19.6 Å². The van der Waals surface area contributed by atoms with Crippen LogP contribution in [0.1, 0.15) is 38.7 Å². The highest BCUT2D eigenvalue weighted by Crippen LogP contribution is 2.30. The number of halogens is 1. The molecule has 118 valence electrons. The van der Waals surface area contributed by atoms with Crippen molar-refractivity contribution in [2.45, 2.75) is 50.7 Å². The molecule has 0 bridgehead atoms. The number of rotatable bonds is 4. The molecular weight excluding hydrogens is 310 g/mol. The highest BCUT2D eigenvalue weighted by molar-refractivity contribution is 7.89. The Kier molecular flexibility index (Phi) is 5.30. The summed E-state index contributed by atoms with van der Waals surface area (Å²) in [7, 11) is -3.67. The molecular formula is C15H22ClNO3S. The Bertz CT molecular complexity index is 603. The highest BCUT2D eigenvalue weighted by Gasteiger charge is 2.30. The van der Waals surface area contributed by atoms with Crippen molar-refractivity contribution in [3.63, 3.8) is 0 Å². The minimum absolute atomic E-state index is 0.0431. The van der Waals surface area contributed by atoms with Crippen LogP contribution in [0.2, 0.25) is 5.02 Å². The molecule has 1 saturated carbocycles. The van der Waals surface area contributed by atoms with Crippen LogP contribution in [-0.2, 0) is 16.6 Å². The van der Waals surface area contributed by atoms with E-state index in [0.717, 1.165) is 19.3 Å². The summed E-state index contributed by atoms with van der Waals surface area (Å²) >= 11 is 6.01. The predicted molar refractivity (Wildman–Crippen MR) is 83.7 cm³/mol. The second-order valence-electron chi connectivity index (χ2n) is 6.05. The van der Waals surface area contributed by atoms with Crippen molar-refractivity contribution in [2.24, 2.45) is 11.8 Å². The fourth-order valence-corrected chi connectivity index (χ4v) is 4.88. The van der Waals surface area contributed by atoms with Crippen LogP contribution >= 0.6 is 11.6 Å². The third-order valence-electron chi connectivity index (χ3n) is 4.21. The topological polar surface area (TPSA) is 66.4 Å². The molecule has 0 aliphatic heterocycles. The molecule has 1 aliphatic carbocycles. The van der Waals surface area contributed by atoms with Crippen molar-refractivity contribution in [2.75, 3.05) is 0 Å². The molecule has 6 heteroatoms. The van der Waals surface area contributed by atoms with Crippen molar-refractivity contribution in [1.29, 1.82) is 0 Å². The van der Waals surface area contributed by atoms with Crippen LogP contribution in [0.15, 0.2) is 23.1 Å². The first kappa shape index (κ1) is 16.7. The van der Waals surface area contributed by atoms with E-state index < -0.39 is 10.0 Å². The third kappa shape index (κ3) is 3.97. The molecule has 1 fully saturated rings. The molecule has 0 aromatic heterocycles. The number of sulfonamides is 1. The van der Waals surface area contributed by atoms with Gasteiger partial charge in [-0.05, 0) is 48.8 Å². The van der Waals surface area contributed by atoms with Gasteiger partial charge in [0.05, 0.1) is 11.6 Å². The molecule has 2 rings (SSSR count). The molecule has 2 N–H and O–H groups in total. The summed E-state index contributed by atoms with van der Waals surface area (Å²) in [5, 5.41) is 9.33. The lowest BCUT2D eigenvalue weighted by Gasteiger charge is -2.33. The van der Waals surface area contributed by atoms with Crippen LogP contribution in [0.5, 0.6) is 0 Å². The van der Waals surface area contributed by atoms with Crippen LogP contribution in [0.3, 0.4) is 0 Å². The number of nitrogens with one attached hydrogen (secondary N) is 1. The summed E-state index contributed by atoms with van der Waals surface area (Å²) in [6, 6.07) is 4.50. The molecule has 1 aromatic rings. The SMILES string of the molecule is CC1CCC(NS(=O)(=O)c2cc(CO)ccc2Cl)C(C)C1. The van der Waals surface area contributed by atoms with Gasteiger partial charge in [-0.25, -0.2) is 13.1 Å². The Labute approximate surface area is 131 Å².